The largest absolute Gasteiger partial charge is 0.303 e. The lowest BCUT2D eigenvalue weighted by Crippen LogP contribution is -1.72. The topological polar surface area (TPSA) is 37.3 Å². The minimum Gasteiger partial charge on any atom is -0.303 e. The van der Waals surface area contributed by atoms with Gasteiger partial charge in [-0.05, 0) is 4.08 Å². The normalized spacial score (nSPS) is 15.7. The molecule has 0 aromatic carbocycles. The molecule has 36 valence electrons. The fourth-order valence-electron chi connectivity index (χ4n) is 0.0440. The van der Waals surface area contributed by atoms with Crippen molar-refractivity contribution >= 4 is 33.7 Å². The van der Waals surface area contributed by atoms with E-state index < -0.39 is 11.1 Å². The molecular weight excluding hydrogens is 215 g/mol. The average molecular weight is 218 g/mol. The number of hydrogen-bond acceptors (Lipinski definition) is 1. The Morgan fingerprint density at radius 2 is 2.33 bits per heavy atom. The van der Waals surface area contributed by atoms with Crippen LogP contribution < -0.4 is 0 Å². The lowest BCUT2D eigenvalue weighted by Gasteiger charge is -1.68. The molecule has 1 unspecified atom stereocenters. The molecule has 0 saturated carbocycles. The molecule has 0 aliphatic heterocycles. The van der Waals surface area contributed by atoms with Crippen molar-refractivity contribution in [2.75, 3.05) is 0 Å². The van der Waals surface area contributed by atoms with Crippen molar-refractivity contribution in [3.63, 3.8) is 0 Å². The SMILES string of the molecule is O=S(O)C=CI. The molecule has 1 atom stereocenters. The Bertz CT molecular complexity index is 79.6. The van der Waals surface area contributed by atoms with Gasteiger partial charge in [0.15, 0.2) is 11.1 Å². The minimum absolute atomic E-state index is 1.18. The lowest BCUT2D eigenvalue weighted by molar-refractivity contribution is 0.574. The number of halogens is 1. The molecule has 0 heterocycles. The molecule has 0 aromatic rings. The molecular formula is C2H3IO2S. The van der Waals surface area contributed by atoms with Gasteiger partial charge in [0, 0.05) is 5.41 Å². The van der Waals surface area contributed by atoms with Crippen LogP contribution in [0.4, 0.5) is 0 Å². The second-order valence-electron chi connectivity index (χ2n) is 0.538. The van der Waals surface area contributed by atoms with E-state index in [1.54, 1.807) is 0 Å². The van der Waals surface area contributed by atoms with E-state index >= 15 is 0 Å². The molecule has 1 N–H and O–H groups in total. The van der Waals surface area contributed by atoms with Crippen LogP contribution in [0.15, 0.2) is 9.49 Å². The predicted octanol–water partition coefficient (Wildman–Crippen LogP) is 1.11. The number of rotatable bonds is 1. The van der Waals surface area contributed by atoms with Gasteiger partial charge in [0.1, 0.15) is 0 Å². The fourth-order valence-corrected chi connectivity index (χ4v) is 0.885. The van der Waals surface area contributed by atoms with Crippen molar-refractivity contribution in [2.45, 2.75) is 0 Å². The quantitative estimate of drug-likeness (QED) is 0.528. The Hall–Kier alpha value is 0.580. The summed E-state index contributed by atoms with van der Waals surface area (Å²) in [6, 6.07) is 0. The summed E-state index contributed by atoms with van der Waals surface area (Å²) in [7, 11) is 0. The molecule has 0 aromatic heterocycles. The smallest absolute Gasteiger partial charge is 0.179 e. The van der Waals surface area contributed by atoms with Gasteiger partial charge in [0.2, 0.25) is 0 Å². The van der Waals surface area contributed by atoms with Gasteiger partial charge in [-0.2, -0.15) is 0 Å². The van der Waals surface area contributed by atoms with Gasteiger partial charge in [0.25, 0.3) is 0 Å². The molecule has 0 amide bonds. The van der Waals surface area contributed by atoms with Crippen molar-refractivity contribution in [2.24, 2.45) is 0 Å². The van der Waals surface area contributed by atoms with Gasteiger partial charge in [-0.25, -0.2) is 4.21 Å². The third-order valence-corrected chi connectivity index (χ3v) is 1.38. The maximum absolute atomic E-state index is 9.62. The van der Waals surface area contributed by atoms with E-state index in [-0.39, 0.29) is 0 Å². The van der Waals surface area contributed by atoms with Gasteiger partial charge in [0.05, 0.1) is 0 Å². The maximum Gasteiger partial charge on any atom is 0.179 e. The van der Waals surface area contributed by atoms with E-state index in [0.717, 1.165) is 0 Å². The van der Waals surface area contributed by atoms with E-state index in [1.165, 1.54) is 9.49 Å². The summed E-state index contributed by atoms with van der Waals surface area (Å²) >= 11 is 0.115. The summed E-state index contributed by atoms with van der Waals surface area (Å²) in [5, 5.41) is 1.18. The molecule has 0 bridgehead atoms. The summed E-state index contributed by atoms with van der Waals surface area (Å²) in [6.45, 7) is 0. The van der Waals surface area contributed by atoms with Crippen molar-refractivity contribution in [1.82, 2.24) is 0 Å². The highest BCUT2D eigenvalue weighted by Gasteiger charge is 1.73. The van der Waals surface area contributed by atoms with Crippen LogP contribution in [-0.4, -0.2) is 8.76 Å². The minimum atomic E-state index is -1.75. The Balaban J connectivity index is 3.30. The van der Waals surface area contributed by atoms with E-state index in [2.05, 4.69) is 0 Å². The molecule has 0 radical (unpaired) electrons. The van der Waals surface area contributed by atoms with Crippen LogP contribution in [0, 0.1) is 0 Å². The summed E-state index contributed by atoms with van der Waals surface area (Å²) in [6.07, 6.45) is 0. The molecule has 0 saturated heterocycles. The van der Waals surface area contributed by atoms with Crippen molar-refractivity contribution < 1.29 is 8.76 Å². The Labute approximate surface area is 52.1 Å². The monoisotopic (exact) mass is 218 g/mol. The van der Waals surface area contributed by atoms with Crippen LogP contribution in [0.25, 0.3) is 0 Å². The Kier molecular flexibility index (Phi) is 4.12. The average Bonchev–Trinajstić information content (AvgIpc) is 1.35. The highest BCUT2D eigenvalue weighted by molar-refractivity contribution is 14.1. The first-order chi connectivity index (χ1) is 2.77. The highest BCUT2D eigenvalue weighted by atomic mass is 127. The van der Waals surface area contributed by atoms with Gasteiger partial charge >= 0.3 is 0 Å². The van der Waals surface area contributed by atoms with Gasteiger partial charge < -0.3 is 4.55 Å². The van der Waals surface area contributed by atoms with Gasteiger partial charge in [-0.15, -0.1) is 0 Å². The van der Waals surface area contributed by atoms with Crippen LogP contribution in [-0.2, 0) is 11.1 Å². The van der Waals surface area contributed by atoms with Crippen LogP contribution in [0.2, 0.25) is 0 Å². The molecule has 0 rings (SSSR count). The molecule has 2 nitrogen and oxygen atoms in total. The molecule has 0 fully saturated rings. The zero-order valence-electron chi connectivity index (χ0n) is 2.80. The summed E-state index contributed by atoms with van der Waals surface area (Å²) in [4.78, 5) is 0. The second-order valence-corrected chi connectivity index (χ2v) is 2.08. The highest BCUT2D eigenvalue weighted by Crippen LogP contribution is 1.84. The van der Waals surface area contributed by atoms with Crippen molar-refractivity contribution in [1.29, 1.82) is 0 Å². The summed E-state index contributed by atoms with van der Waals surface area (Å²) < 4.78 is 19.0. The van der Waals surface area contributed by atoms with Crippen LogP contribution >= 0.6 is 22.6 Å². The zero-order chi connectivity index (χ0) is 4.99. The van der Waals surface area contributed by atoms with E-state index in [1.807, 2.05) is 22.6 Å². The standard InChI is InChI=1S/C2H3IO2S/c3-1-2-6(4)5/h1-2H,(H,4,5). The van der Waals surface area contributed by atoms with Crippen LogP contribution in [0.1, 0.15) is 0 Å². The molecule has 4 heteroatoms. The first-order valence-electron chi connectivity index (χ1n) is 1.14. The Morgan fingerprint density at radius 3 is 2.33 bits per heavy atom. The first-order valence-corrected chi connectivity index (χ1v) is 3.55. The molecule has 0 aliphatic carbocycles. The number of hydrogen-bond donors (Lipinski definition) is 1. The van der Waals surface area contributed by atoms with E-state index in [9.17, 15) is 4.21 Å². The fraction of sp³-hybridized carbons (Fsp3) is 0. The lowest BCUT2D eigenvalue weighted by atomic mass is 11.3. The van der Waals surface area contributed by atoms with Gasteiger partial charge in [-0.3, -0.25) is 0 Å². The summed E-state index contributed by atoms with van der Waals surface area (Å²) in [5.74, 6) is 0. The first kappa shape index (κ1) is 6.58. The maximum atomic E-state index is 9.62. The zero-order valence-corrected chi connectivity index (χ0v) is 5.77. The third-order valence-electron chi connectivity index (χ3n) is 0.168. The predicted molar refractivity (Wildman–Crippen MR) is 33.9 cm³/mol. The second kappa shape index (κ2) is 3.76. The van der Waals surface area contributed by atoms with Crippen molar-refractivity contribution in [3.8, 4) is 0 Å². The third kappa shape index (κ3) is 4.58. The van der Waals surface area contributed by atoms with Gasteiger partial charge in [-0.1, -0.05) is 22.6 Å². The van der Waals surface area contributed by atoms with Crippen LogP contribution in [0.5, 0.6) is 0 Å². The molecule has 0 spiro atoms. The Morgan fingerprint density at radius 1 is 1.83 bits per heavy atom. The van der Waals surface area contributed by atoms with Crippen LogP contribution in [0.3, 0.4) is 0 Å². The molecule has 0 aliphatic rings. The molecule has 6 heavy (non-hydrogen) atoms. The van der Waals surface area contributed by atoms with Crippen molar-refractivity contribution in [3.05, 3.63) is 9.49 Å². The van der Waals surface area contributed by atoms with E-state index in [4.69, 9.17) is 4.55 Å². The van der Waals surface area contributed by atoms with E-state index in [0.29, 0.717) is 0 Å². The summed E-state index contributed by atoms with van der Waals surface area (Å²) in [5.41, 5.74) is 0.